The van der Waals surface area contributed by atoms with Gasteiger partial charge in [0.2, 0.25) is 0 Å². The normalized spacial score (nSPS) is 11.3. The van der Waals surface area contributed by atoms with E-state index in [9.17, 15) is 4.79 Å². The number of furan rings is 1. The Bertz CT molecular complexity index is 861. The van der Waals surface area contributed by atoms with Crippen LogP contribution in [0.4, 0.5) is 0 Å². The van der Waals surface area contributed by atoms with E-state index in [-0.39, 0.29) is 5.91 Å². The van der Waals surface area contributed by atoms with Crippen LogP contribution in [0, 0.1) is 13.8 Å². The van der Waals surface area contributed by atoms with Gasteiger partial charge in [-0.3, -0.25) is 4.79 Å². The average molecular weight is 412 g/mol. The fourth-order valence-electron chi connectivity index (χ4n) is 2.48. The fraction of sp³-hybridized carbons (Fsp3) is 0.375. The summed E-state index contributed by atoms with van der Waals surface area (Å²) < 4.78 is 13.3. The first-order valence-electron chi connectivity index (χ1n) is 7.48. The van der Waals surface area contributed by atoms with Crippen LogP contribution >= 0.6 is 27.3 Å². The molecule has 0 radical (unpaired) electrons. The smallest absolute Gasteiger partial charge is 0.268 e. The summed E-state index contributed by atoms with van der Waals surface area (Å²) in [6.45, 7) is 5.50. The van der Waals surface area contributed by atoms with E-state index < -0.39 is 0 Å². The highest BCUT2D eigenvalue weighted by Crippen LogP contribution is 2.27. The number of methoxy groups -OCH3 is 1. The van der Waals surface area contributed by atoms with Crippen molar-refractivity contribution in [1.82, 2.24) is 14.9 Å². The molecule has 1 N–H and O–H groups in total. The van der Waals surface area contributed by atoms with E-state index in [1.807, 2.05) is 24.5 Å². The number of rotatable bonds is 6. The maximum absolute atomic E-state index is 12.6. The number of amides is 1. The zero-order chi connectivity index (χ0) is 17.3. The minimum absolute atomic E-state index is 0.154. The molecule has 0 aliphatic heterocycles. The molecule has 3 aromatic heterocycles. The second-order valence-electron chi connectivity index (χ2n) is 5.41. The molecule has 128 valence electrons. The predicted molar refractivity (Wildman–Crippen MR) is 96.5 cm³/mol. The lowest BCUT2D eigenvalue weighted by atomic mass is 10.4. The Kier molecular flexibility index (Phi) is 5.07. The number of nitrogens with one attached hydrogen (secondary N) is 1. The Balaban J connectivity index is 1.81. The highest BCUT2D eigenvalue weighted by atomic mass is 79.9. The number of aromatic nitrogens is 2. The van der Waals surface area contributed by atoms with Gasteiger partial charge >= 0.3 is 0 Å². The number of hydrogen-bond donors (Lipinski definition) is 1. The number of halogens is 1. The first kappa shape index (κ1) is 17.2. The first-order valence-corrected chi connectivity index (χ1v) is 9.09. The number of nitrogens with zero attached hydrogens (tertiary/aromatic N) is 2. The van der Waals surface area contributed by atoms with Crippen LogP contribution in [-0.4, -0.2) is 29.2 Å². The van der Waals surface area contributed by atoms with Crippen molar-refractivity contribution in [2.45, 2.75) is 26.9 Å². The molecule has 8 heteroatoms. The molecule has 0 atom stereocenters. The largest absolute Gasteiger partial charge is 0.448 e. The van der Waals surface area contributed by atoms with Crippen LogP contribution in [0.15, 0.2) is 21.2 Å². The monoisotopic (exact) mass is 411 g/mol. The van der Waals surface area contributed by atoms with Gasteiger partial charge in [-0.2, -0.15) is 0 Å². The van der Waals surface area contributed by atoms with E-state index >= 15 is 0 Å². The topological polar surface area (TPSA) is 69.3 Å². The lowest BCUT2D eigenvalue weighted by Crippen LogP contribution is -2.26. The molecule has 0 spiro atoms. The molecule has 1 amide bonds. The molecule has 0 aliphatic carbocycles. The Labute approximate surface area is 151 Å². The molecule has 0 saturated carbocycles. The summed E-state index contributed by atoms with van der Waals surface area (Å²) in [6.07, 6.45) is 0. The van der Waals surface area contributed by atoms with Crippen LogP contribution in [0.25, 0.3) is 11.1 Å². The Hall–Kier alpha value is -1.64. The van der Waals surface area contributed by atoms with Crippen LogP contribution in [0.5, 0.6) is 0 Å². The second kappa shape index (κ2) is 7.08. The number of aryl methyl sites for hydroxylation is 2. The molecule has 3 aromatic rings. The van der Waals surface area contributed by atoms with Gasteiger partial charge in [-0.1, -0.05) is 0 Å². The number of thiazole rings is 1. The van der Waals surface area contributed by atoms with Crippen LogP contribution < -0.4 is 5.32 Å². The van der Waals surface area contributed by atoms with Gasteiger partial charge in [0.25, 0.3) is 5.91 Å². The van der Waals surface area contributed by atoms with Crippen molar-refractivity contribution in [3.05, 3.63) is 38.1 Å². The maximum atomic E-state index is 12.6. The third-order valence-corrected chi connectivity index (χ3v) is 5.25. The number of hydrogen-bond acceptors (Lipinski definition) is 5. The predicted octanol–water partition coefficient (Wildman–Crippen LogP) is 3.65. The van der Waals surface area contributed by atoms with Crippen LogP contribution in [0.3, 0.4) is 0 Å². The molecular formula is C16H18BrN3O3S. The Morgan fingerprint density at radius 2 is 2.25 bits per heavy atom. The number of carbonyl (C=O) groups is 1. The zero-order valence-corrected chi connectivity index (χ0v) is 16.1. The number of fused-ring (bicyclic) bond motifs is 1. The van der Waals surface area contributed by atoms with Gasteiger partial charge < -0.3 is 19.0 Å². The molecule has 0 unspecified atom stereocenters. The number of carbonyl (C=O) groups excluding carboxylic acids is 1. The Morgan fingerprint density at radius 1 is 1.46 bits per heavy atom. The third-order valence-electron chi connectivity index (χ3n) is 3.78. The summed E-state index contributed by atoms with van der Waals surface area (Å²) in [5.74, 6) is -0.154. The van der Waals surface area contributed by atoms with E-state index in [1.54, 1.807) is 24.5 Å². The van der Waals surface area contributed by atoms with E-state index in [4.69, 9.17) is 9.15 Å². The van der Waals surface area contributed by atoms with Gasteiger partial charge in [-0.05, 0) is 29.8 Å². The molecule has 0 aliphatic rings. The minimum Gasteiger partial charge on any atom is -0.448 e. The Morgan fingerprint density at radius 3 is 2.92 bits per heavy atom. The summed E-state index contributed by atoms with van der Waals surface area (Å²) in [7, 11) is 1.64. The molecule has 0 fully saturated rings. The van der Waals surface area contributed by atoms with Crippen LogP contribution in [0.1, 0.15) is 26.1 Å². The highest BCUT2D eigenvalue weighted by Gasteiger charge is 2.19. The summed E-state index contributed by atoms with van der Waals surface area (Å²) in [4.78, 5) is 18.2. The molecule has 3 heterocycles. The van der Waals surface area contributed by atoms with E-state index in [1.165, 1.54) is 4.88 Å². The van der Waals surface area contributed by atoms with Crippen LogP contribution in [0.2, 0.25) is 0 Å². The third kappa shape index (κ3) is 3.40. The van der Waals surface area contributed by atoms with Crippen molar-refractivity contribution in [1.29, 1.82) is 0 Å². The summed E-state index contributed by atoms with van der Waals surface area (Å²) >= 11 is 4.92. The molecule has 3 rings (SSSR count). The molecule has 24 heavy (non-hydrogen) atoms. The quantitative estimate of drug-likeness (QED) is 0.671. The van der Waals surface area contributed by atoms with Crippen molar-refractivity contribution in [3.63, 3.8) is 0 Å². The zero-order valence-electron chi connectivity index (χ0n) is 13.7. The van der Waals surface area contributed by atoms with Crippen molar-refractivity contribution in [2.24, 2.45) is 0 Å². The summed E-state index contributed by atoms with van der Waals surface area (Å²) in [6, 6.07) is 3.61. The fourth-order valence-corrected chi connectivity index (χ4v) is 3.75. The molecule has 0 aromatic carbocycles. The van der Waals surface area contributed by atoms with Gasteiger partial charge in [-0.25, -0.2) is 4.98 Å². The van der Waals surface area contributed by atoms with Crippen molar-refractivity contribution in [2.75, 3.05) is 13.7 Å². The number of ether oxygens (including phenoxy) is 1. The highest BCUT2D eigenvalue weighted by molar-refractivity contribution is 9.10. The second-order valence-corrected chi connectivity index (χ2v) is 7.48. The maximum Gasteiger partial charge on any atom is 0.268 e. The summed E-state index contributed by atoms with van der Waals surface area (Å²) in [5.41, 5.74) is 3.10. The lowest BCUT2D eigenvalue weighted by molar-refractivity contribution is 0.0939. The molecule has 6 nitrogen and oxygen atoms in total. The van der Waals surface area contributed by atoms with Gasteiger partial charge in [0.1, 0.15) is 10.7 Å². The van der Waals surface area contributed by atoms with E-state index in [0.29, 0.717) is 35.6 Å². The van der Waals surface area contributed by atoms with Gasteiger partial charge in [0.15, 0.2) is 10.3 Å². The van der Waals surface area contributed by atoms with Crippen molar-refractivity contribution >= 4 is 44.3 Å². The van der Waals surface area contributed by atoms with Crippen molar-refractivity contribution < 1.29 is 13.9 Å². The van der Waals surface area contributed by atoms with Crippen molar-refractivity contribution in [3.8, 4) is 0 Å². The summed E-state index contributed by atoms with van der Waals surface area (Å²) in [5, 5.41) is 3.83. The van der Waals surface area contributed by atoms with Gasteiger partial charge in [-0.15, -0.1) is 11.3 Å². The van der Waals surface area contributed by atoms with Gasteiger partial charge in [0.05, 0.1) is 24.4 Å². The van der Waals surface area contributed by atoms with E-state index in [2.05, 4.69) is 26.2 Å². The lowest BCUT2D eigenvalue weighted by Gasteiger charge is -2.09. The van der Waals surface area contributed by atoms with Crippen LogP contribution in [-0.2, 0) is 17.8 Å². The average Bonchev–Trinajstić information content (AvgIpc) is 3.16. The SMILES string of the molecule is COCCn1c(C(=O)NCc2nc(C)c(C)s2)cc2oc(Br)cc21. The van der Waals surface area contributed by atoms with Gasteiger partial charge in [0, 0.05) is 30.7 Å². The molecular weight excluding hydrogens is 394 g/mol. The minimum atomic E-state index is -0.154. The molecule has 0 saturated heterocycles. The molecule has 0 bridgehead atoms. The van der Waals surface area contributed by atoms with E-state index in [0.717, 1.165) is 16.2 Å². The first-order chi connectivity index (χ1) is 11.5. The standard InChI is InChI=1S/C16H18BrN3O3S/c1-9-10(2)24-15(19-9)8-18-16(21)12-6-13-11(7-14(17)23-13)20(12)4-5-22-3/h6-7H,4-5,8H2,1-3H3,(H,18,21).